The van der Waals surface area contributed by atoms with Crippen molar-refractivity contribution in [2.24, 2.45) is 5.92 Å². The first-order chi connectivity index (χ1) is 18.5. The Hall–Kier alpha value is -2.98. The predicted molar refractivity (Wildman–Crippen MR) is 140 cm³/mol. The summed E-state index contributed by atoms with van der Waals surface area (Å²) in [6.07, 6.45) is 9.26. The molecule has 0 radical (unpaired) electrons. The molecular weight excluding hydrogens is 488 g/mol. The van der Waals surface area contributed by atoms with Gasteiger partial charge in [0.1, 0.15) is 12.6 Å². The lowest BCUT2D eigenvalue weighted by Crippen LogP contribution is -2.54. The van der Waals surface area contributed by atoms with Gasteiger partial charge in [-0.05, 0) is 43.7 Å². The van der Waals surface area contributed by atoms with E-state index in [-0.39, 0.29) is 13.2 Å². The van der Waals surface area contributed by atoms with E-state index < -0.39 is 36.7 Å². The number of fused-ring (bicyclic) bond motifs is 1. The van der Waals surface area contributed by atoms with Crippen LogP contribution in [0.15, 0.2) is 36.2 Å². The van der Waals surface area contributed by atoms with Crippen LogP contribution in [0.2, 0.25) is 0 Å². The van der Waals surface area contributed by atoms with Crippen molar-refractivity contribution in [3.05, 3.63) is 36.2 Å². The molecule has 5 rings (SSSR count). The minimum Gasteiger partial charge on any atom is -0.485 e. The van der Waals surface area contributed by atoms with Crippen LogP contribution in [0.3, 0.4) is 0 Å². The van der Waals surface area contributed by atoms with E-state index in [1.165, 1.54) is 32.1 Å². The van der Waals surface area contributed by atoms with E-state index in [2.05, 4.69) is 26.6 Å². The van der Waals surface area contributed by atoms with Gasteiger partial charge >= 0.3 is 0 Å². The zero-order chi connectivity index (χ0) is 26.5. The third-order valence-corrected chi connectivity index (χ3v) is 7.81. The maximum absolute atomic E-state index is 13.2. The molecule has 0 aromatic heterocycles. The molecule has 2 fully saturated rings. The summed E-state index contributed by atoms with van der Waals surface area (Å²) in [5.41, 5.74) is 1.04. The van der Waals surface area contributed by atoms with Gasteiger partial charge in [-0.15, -0.1) is 0 Å². The molecule has 1 aromatic carbocycles. The number of nitrogens with one attached hydrogen (secondary N) is 2. The molecule has 4 N–H and O–H groups in total. The van der Waals surface area contributed by atoms with Gasteiger partial charge in [0.15, 0.2) is 11.5 Å². The lowest BCUT2D eigenvalue weighted by Gasteiger charge is -2.30. The molecule has 1 aromatic rings. The SMILES string of the molecule is O=C(NCC(O)CO)C(CC1=CN(CC2CCCCC2)CN1C1CC1)NC(=O)[C@H]1COc2ccccc2O1. The predicted octanol–water partition coefficient (Wildman–Crippen LogP) is 1.33. The van der Waals surface area contributed by atoms with Crippen LogP contribution >= 0.6 is 0 Å². The van der Waals surface area contributed by atoms with Crippen LogP contribution in [0.4, 0.5) is 0 Å². The summed E-state index contributed by atoms with van der Waals surface area (Å²) in [6.45, 7) is 1.33. The Bertz CT molecular complexity index is 1010. The van der Waals surface area contributed by atoms with Crippen molar-refractivity contribution in [3.63, 3.8) is 0 Å². The Balaban J connectivity index is 1.27. The fraction of sp³-hybridized carbons (Fsp3) is 0.643. The van der Waals surface area contributed by atoms with Crippen LogP contribution in [0.25, 0.3) is 0 Å². The molecule has 2 unspecified atom stereocenters. The molecule has 3 atom stereocenters. The first-order valence-electron chi connectivity index (χ1n) is 14.0. The van der Waals surface area contributed by atoms with Gasteiger partial charge in [-0.25, -0.2) is 0 Å². The lowest BCUT2D eigenvalue weighted by atomic mass is 9.89. The Morgan fingerprint density at radius 3 is 2.58 bits per heavy atom. The maximum Gasteiger partial charge on any atom is 0.265 e. The van der Waals surface area contributed by atoms with Crippen LogP contribution in [0, 0.1) is 5.92 Å². The van der Waals surface area contributed by atoms with Crippen LogP contribution in [0.1, 0.15) is 51.4 Å². The van der Waals surface area contributed by atoms with Gasteiger partial charge < -0.3 is 40.1 Å². The summed E-state index contributed by atoms with van der Waals surface area (Å²) >= 11 is 0. The molecule has 2 saturated carbocycles. The fourth-order valence-electron chi connectivity index (χ4n) is 5.57. The van der Waals surface area contributed by atoms with Crippen molar-refractivity contribution in [1.82, 2.24) is 20.4 Å². The second-order valence-electron chi connectivity index (χ2n) is 10.9. The largest absolute Gasteiger partial charge is 0.485 e. The summed E-state index contributed by atoms with van der Waals surface area (Å²) in [5.74, 6) is 0.926. The number of rotatable bonds is 11. The highest BCUT2D eigenvalue weighted by Gasteiger charge is 2.38. The van der Waals surface area contributed by atoms with Crippen molar-refractivity contribution in [2.75, 3.05) is 33.0 Å². The minimum absolute atomic E-state index is 0.0481. The van der Waals surface area contributed by atoms with Gasteiger partial charge in [-0.3, -0.25) is 9.59 Å². The molecule has 10 nitrogen and oxygen atoms in total. The first-order valence-corrected chi connectivity index (χ1v) is 14.0. The highest BCUT2D eigenvalue weighted by molar-refractivity contribution is 5.90. The van der Waals surface area contributed by atoms with Gasteiger partial charge in [-0.2, -0.15) is 0 Å². The molecule has 10 heteroatoms. The normalized spacial score (nSPS) is 23.0. The van der Waals surface area contributed by atoms with Crippen LogP contribution in [0.5, 0.6) is 11.5 Å². The number of nitrogens with zero attached hydrogens (tertiary/aromatic N) is 2. The Morgan fingerprint density at radius 2 is 1.84 bits per heavy atom. The molecule has 4 aliphatic rings. The summed E-state index contributed by atoms with van der Waals surface area (Å²) in [7, 11) is 0. The zero-order valence-electron chi connectivity index (χ0n) is 21.9. The van der Waals surface area contributed by atoms with Gasteiger partial charge in [0, 0.05) is 37.4 Å². The number of benzene rings is 1. The Labute approximate surface area is 224 Å². The second kappa shape index (κ2) is 12.3. The molecule has 0 saturated heterocycles. The van der Waals surface area contributed by atoms with Gasteiger partial charge in [0.2, 0.25) is 12.0 Å². The number of hydrogen-bond acceptors (Lipinski definition) is 8. The Kier molecular flexibility index (Phi) is 8.58. The zero-order valence-corrected chi connectivity index (χ0v) is 21.9. The maximum atomic E-state index is 13.2. The number of carbonyl (C=O) groups is 2. The van der Waals surface area contributed by atoms with Gasteiger partial charge in [0.25, 0.3) is 5.91 Å². The fourth-order valence-corrected chi connectivity index (χ4v) is 5.57. The number of amides is 2. The number of para-hydroxylation sites is 2. The van der Waals surface area contributed by atoms with Crippen molar-refractivity contribution >= 4 is 11.8 Å². The van der Waals surface area contributed by atoms with Crippen LogP contribution in [-0.4, -0.2) is 89.1 Å². The summed E-state index contributed by atoms with van der Waals surface area (Å²) in [5, 5.41) is 24.5. The van der Waals surface area contributed by atoms with E-state index in [0.29, 0.717) is 29.9 Å². The molecule has 0 spiro atoms. The van der Waals surface area contributed by atoms with E-state index >= 15 is 0 Å². The molecule has 2 heterocycles. The quantitative estimate of drug-likeness (QED) is 0.339. The molecular formula is C28H40N4O6. The first kappa shape index (κ1) is 26.6. The molecule has 2 amide bonds. The molecule has 208 valence electrons. The van der Waals surface area contributed by atoms with E-state index in [0.717, 1.165) is 31.8 Å². The molecule has 38 heavy (non-hydrogen) atoms. The third kappa shape index (κ3) is 6.71. The summed E-state index contributed by atoms with van der Waals surface area (Å²) in [4.78, 5) is 31.2. The second-order valence-corrected chi connectivity index (χ2v) is 10.9. The van der Waals surface area contributed by atoms with Crippen molar-refractivity contribution in [1.29, 1.82) is 0 Å². The van der Waals surface area contributed by atoms with E-state index in [1.807, 2.05) is 12.1 Å². The molecule has 2 aliphatic carbocycles. The number of aliphatic hydroxyl groups excluding tert-OH is 2. The number of hydrogen-bond donors (Lipinski definition) is 4. The third-order valence-electron chi connectivity index (χ3n) is 7.81. The van der Waals surface area contributed by atoms with E-state index in [4.69, 9.17) is 14.6 Å². The smallest absolute Gasteiger partial charge is 0.265 e. The molecule has 0 bridgehead atoms. The topological polar surface area (TPSA) is 124 Å². The van der Waals surface area contributed by atoms with Crippen molar-refractivity contribution in [2.45, 2.75) is 75.7 Å². The van der Waals surface area contributed by atoms with Crippen molar-refractivity contribution < 1.29 is 29.3 Å². The van der Waals surface area contributed by atoms with Gasteiger partial charge in [-0.1, -0.05) is 31.4 Å². The highest BCUT2D eigenvalue weighted by atomic mass is 16.6. The highest BCUT2D eigenvalue weighted by Crippen LogP contribution is 2.36. The standard InChI is InChI=1S/C28H40N4O6/c33-16-22(34)13-29-27(35)23(30-28(36)26-17-37-24-8-4-5-9-25(24)38-26)12-21-15-31(18-32(21)20-10-11-20)14-19-6-2-1-3-7-19/h4-5,8-9,15,19-20,22-23,26,33-34H,1-3,6-7,10-14,16-18H2,(H,29,35)(H,30,36)/t22?,23?,26-/m1/s1. The van der Waals surface area contributed by atoms with Gasteiger partial charge in [0.05, 0.1) is 19.4 Å². The van der Waals surface area contributed by atoms with Crippen LogP contribution in [-0.2, 0) is 9.59 Å². The molecule has 2 aliphatic heterocycles. The number of ether oxygens (including phenoxy) is 2. The van der Waals surface area contributed by atoms with E-state index in [1.54, 1.807) is 12.1 Å². The number of carbonyl (C=O) groups excluding carboxylic acids is 2. The average Bonchev–Trinajstić information content (AvgIpc) is 3.72. The summed E-state index contributed by atoms with van der Waals surface area (Å²) in [6, 6.07) is 6.78. The van der Waals surface area contributed by atoms with Crippen molar-refractivity contribution in [3.8, 4) is 11.5 Å². The average molecular weight is 529 g/mol. The lowest BCUT2D eigenvalue weighted by molar-refractivity contribution is -0.135. The summed E-state index contributed by atoms with van der Waals surface area (Å²) < 4.78 is 11.6. The number of aliphatic hydroxyl groups is 2. The van der Waals surface area contributed by atoms with Crippen LogP contribution < -0.4 is 20.1 Å². The Morgan fingerprint density at radius 1 is 1.08 bits per heavy atom. The van der Waals surface area contributed by atoms with E-state index in [9.17, 15) is 14.7 Å². The minimum atomic E-state index is -1.07. The monoisotopic (exact) mass is 528 g/mol.